The molecule has 3 heteroatoms. The zero-order valence-electron chi connectivity index (χ0n) is 7.85. The van der Waals surface area contributed by atoms with E-state index < -0.39 is 0 Å². The molecule has 2 nitrogen and oxygen atoms in total. The molecule has 0 radical (unpaired) electrons. The van der Waals surface area contributed by atoms with Crippen LogP contribution in [0.15, 0.2) is 0 Å². The standard InChI is InChI=1S/C4H8OS.C4H10O/c1-3-6-4(2)5;1-3-5-4-2/h3H2,1-2H3;3-4H2,1-2H3. The average molecular weight is 178 g/mol. The van der Waals surface area contributed by atoms with Crippen molar-refractivity contribution in [2.24, 2.45) is 0 Å². The highest BCUT2D eigenvalue weighted by Crippen LogP contribution is 1.96. The second-order valence-corrected chi connectivity index (χ2v) is 3.15. The lowest BCUT2D eigenvalue weighted by atomic mass is 10.8. The molecule has 0 bridgehead atoms. The van der Waals surface area contributed by atoms with Crippen molar-refractivity contribution in [3.8, 4) is 0 Å². The Hall–Kier alpha value is -0.0200. The Morgan fingerprint density at radius 1 is 1.27 bits per heavy atom. The van der Waals surface area contributed by atoms with E-state index in [-0.39, 0.29) is 5.12 Å². The third-order valence-electron chi connectivity index (χ3n) is 0.756. The van der Waals surface area contributed by atoms with Crippen LogP contribution in [-0.4, -0.2) is 24.1 Å². The van der Waals surface area contributed by atoms with Crippen molar-refractivity contribution in [1.29, 1.82) is 0 Å². The van der Waals surface area contributed by atoms with Crippen LogP contribution in [0.3, 0.4) is 0 Å². The van der Waals surface area contributed by atoms with E-state index >= 15 is 0 Å². The highest BCUT2D eigenvalue weighted by Gasteiger charge is 1.84. The second kappa shape index (κ2) is 12.6. The summed E-state index contributed by atoms with van der Waals surface area (Å²) in [5, 5.41) is 0.206. The van der Waals surface area contributed by atoms with Gasteiger partial charge in [0.1, 0.15) is 0 Å². The molecule has 0 aromatic carbocycles. The van der Waals surface area contributed by atoms with Crippen molar-refractivity contribution >= 4 is 16.9 Å². The van der Waals surface area contributed by atoms with Crippen LogP contribution in [0, 0.1) is 0 Å². The molecular weight excluding hydrogens is 160 g/mol. The third kappa shape index (κ3) is 25.6. The molecular formula is C8H18O2S. The summed E-state index contributed by atoms with van der Waals surface area (Å²) in [5.41, 5.74) is 0. The highest BCUT2D eigenvalue weighted by molar-refractivity contribution is 8.13. The molecule has 0 aliphatic heterocycles. The topological polar surface area (TPSA) is 26.3 Å². The minimum Gasteiger partial charge on any atom is -0.382 e. The van der Waals surface area contributed by atoms with Gasteiger partial charge in [0.25, 0.3) is 0 Å². The first-order chi connectivity index (χ1) is 5.18. The SMILES string of the molecule is CCOCC.CCSC(C)=O. The fourth-order valence-electron chi connectivity index (χ4n) is 0.407. The van der Waals surface area contributed by atoms with Gasteiger partial charge in [-0.2, -0.15) is 0 Å². The number of thioether (sulfide) groups is 1. The molecule has 68 valence electrons. The van der Waals surface area contributed by atoms with Gasteiger partial charge in [0.05, 0.1) is 0 Å². The molecule has 0 aromatic rings. The van der Waals surface area contributed by atoms with Crippen LogP contribution in [0.5, 0.6) is 0 Å². The number of carbonyl (C=O) groups is 1. The monoisotopic (exact) mass is 178 g/mol. The van der Waals surface area contributed by atoms with Gasteiger partial charge >= 0.3 is 0 Å². The van der Waals surface area contributed by atoms with E-state index in [0.29, 0.717) is 0 Å². The summed E-state index contributed by atoms with van der Waals surface area (Å²) in [7, 11) is 0. The molecule has 0 spiro atoms. The molecule has 0 aliphatic carbocycles. The summed E-state index contributed by atoms with van der Waals surface area (Å²) in [6.07, 6.45) is 0. The van der Waals surface area contributed by atoms with Crippen molar-refractivity contribution in [3.05, 3.63) is 0 Å². The first kappa shape index (κ1) is 13.6. The van der Waals surface area contributed by atoms with E-state index in [1.54, 1.807) is 6.92 Å². The summed E-state index contributed by atoms with van der Waals surface area (Å²) in [6, 6.07) is 0. The zero-order chi connectivity index (χ0) is 9.11. The maximum Gasteiger partial charge on any atom is 0.185 e. The van der Waals surface area contributed by atoms with E-state index in [0.717, 1.165) is 19.0 Å². The number of hydrogen-bond acceptors (Lipinski definition) is 3. The van der Waals surface area contributed by atoms with Gasteiger partial charge in [-0.25, -0.2) is 0 Å². The Labute approximate surface area is 73.7 Å². The number of ether oxygens (including phenoxy) is 1. The predicted molar refractivity (Wildman–Crippen MR) is 51.0 cm³/mol. The zero-order valence-corrected chi connectivity index (χ0v) is 8.66. The maximum absolute atomic E-state index is 10.0. The molecule has 0 heterocycles. The summed E-state index contributed by atoms with van der Waals surface area (Å²) >= 11 is 1.35. The van der Waals surface area contributed by atoms with Gasteiger partial charge in [0, 0.05) is 20.1 Å². The number of hydrogen-bond donors (Lipinski definition) is 0. The maximum atomic E-state index is 10.0. The lowest BCUT2D eigenvalue weighted by molar-refractivity contribution is -0.109. The van der Waals surface area contributed by atoms with Crippen LogP contribution in [-0.2, 0) is 9.53 Å². The third-order valence-corrected chi connectivity index (χ3v) is 1.45. The minimum absolute atomic E-state index is 0.206. The van der Waals surface area contributed by atoms with Gasteiger partial charge in [-0.05, 0) is 19.6 Å². The van der Waals surface area contributed by atoms with E-state index in [1.165, 1.54) is 11.8 Å². The van der Waals surface area contributed by atoms with Crippen molar-refractivity contribution in [2.75, 3.05) is 19.0 Å². The van der Waals surface area contributed by atoms with Gasteiger partial charge in [0.15, 0.2) is 5.12 Å². The van der Waals surface area contributed by atoms with Crippen molar-refractivity contribution < 1.29 is 9.53 Å². The lowest BCUT2D eigenvalue weighted by Crippen LogP contribution is -1.84. The molecule has 0 N–H and O–H groups in total. The molecule has 0 atom stereocenters. The highest BCUT2D eigenvalue weighted by atomic mass is 32.2. The Morgan fingerprint density at radius 3 is 1.73 bits per heavy atom. The summed E-state index contributed by atoms with van der Waals surface area (Å²) < 4.78 is 4.83. The van der Waals surface area contributed by atoms with E-state index in [9.17, 15) is 4.79 Å². The normalized spacial score (nSPS) is 8.36. The van der Waals surface area contributed by atoms with Gasteiger partial charge in [-0.1, -0.05) is 18.7 Å². The van der Waals surface area contributed by atoms with Crippen LogP contribution in [0.25, 0.3) is 0 Å². The Kier molecular flexibility index (Phi) is 15.6. The van der Waals surface area contributed by atoms with Gasteiger partial charge < -0.3 is 4.74 Å². The summed E-state index contributed by atoms with van der Waals surface area (Å²) in [6.45, 7) is 9.21. The van der Waals surface area contributed by atoms with Crippen molar-refractivity contribution in [3.63, 3.8) is 0 Å². The summed E-state index contributed by atoms with van der Waals surface area (Å²) in [5.74, 6) is 0.898. The molecule has 0 aromatic heterocycles. The first-order valence-corrected chi connectivity index (χ1v) is 4.88. The van der Waals surface area contributed by atoms with E-state index in [4.69, 9.17) is 4.74 Å². The Bertz CT molecular complexity index is 82.2. The molecule has 0 saturated carbocycles. The predicted octanol–water partition coefficient (Wildman–Crippen LogP) is 2.33. The lowest BCUT2D eigenvalue weighted by Gasteiger charge is -1.86. The van der Waals surface area contributed by atoms with Gasteiger partial charge in [-0.3, -0.25) is 4.79 Å². The smallest absolute Gasteiger partial charge is 0.185 e. The van der Waals surface area contributed by atoms with Crippen LogP contribution < -0.4 is 0 Å². The molecule has 0 amide bonds. The first-order valence-electron chi connectivity index (χ1n) is 3.90. The molecule has 0 rings (SSSR count). The fraction of sp³-hybridized carbons (Fsp3) is 0.875. The molecule has 0 saturated heterocycles. The van der Waals surface area contributed by atoms with Gasteiger partial charge in [0.2, 0.25) is 0 Å². The molecule has 0 fully saturated rings. The van der Waals surface area contributed by atoms with Crippen LogP contribution >= 0.6 is 11.8 Å². The second-order valence-electron chi connectivity index (χ2n) is 1.71. The van der Waals surface area contributed by atoms with Crippen LogP contribution in [0.4, 0.5) is 0 Å². The van der Waals surface area contributed by atoms with E-state index in [2.05, 4.69) is 0 Å². The van der Waals surface area contributed by atoms with Gasteiger partial charge in [-0.15, -0.1) is 0 Å². The average Bonchev–Trinajstić information content (AvgIpc) is 1.90. The summed E-state index contributed by atoms with van der Waals surface area (Å²) in [4.78, 5) is 10.0. The number of rotatable bonds is 3. The Morgan fingerprint density at radius 2 is 1.73 bits per heavy atom. The van der Waals surface area contributed by atoms with Crippen LogP contribution in [0.2, 0.25) is 0 Å². The number of carbonyl (C=O) groups excluding carboxylic acids is 1. The molecule has 0 aliphatic rings. The molecule has 0 unspecified atom stereocenters. The fourth-order valence-corrected chi connectivity index (χ4v) is 0.814. The van der Waals surface area contributed by atoms with Crippen molar-refractivity contribution in [2.45, 2.75) is 27.7 Å². The minimum atomic E-state index is 0.206. The van der Waals surface area contributed by atoms with Crippen molar-refractivity contribution in [1.82, 2.24) is 0 Å². The Balaban J connectivity index is 0. The quantitative estimate of drug-likeness (QED) is 0.663. The van der Waals surface area contributed by atoms with E-state index in [1.807, 2.05) is 20.8 Å². The van der Waals surface area contributed by atoms with Crippen LogP contribution in [0.1, 0.15) is 27.7 Å². The molecule has 11 heavy (non-hydrogen) atoms. The largest absolute Gasteiger partial charge is 0.382 e.